The number of methoxy groups -OCH3 is 2. The van der Waals surface area contributed by atoms with E-state index in [9.17, 15) is 9.90 Å². The summed E-state index contributed by atoms with van der Waals surface area (Å²) in [6.45, 7) is 5.75. The van der Waals surface area contributed by atoms with Gasteiger partial charge >= 0.3 is 0 Å². The van der Waals surface area contributed by atoms with Crippen LogP contribution in [0.15, 0.2) is 36.4 Å². The second-order valence-electron chi connectivity index (χ2n) is 6.14. The van der Waals surface area contributed by atoms with Gasteiger partial charge in [0.15, 0.2) is 17.3 Å². The van der Waals surface area contributed by atoms with Gasteiger partial charge in [-0.15, -0.1) is 0 Å². The highest BCUT2D eigenvalue weighted by Gasteiger charge is 2.31. The van der Waals surface area contributed by atoms with Crippen LogP contribution in [0.25, 0.3) is 0 Å². The van der Waals surface area contributed by atoms with E-state index in [-0.39, 0.29) is 16.7 Å². The Morgan fingerprint density at radius 2 is 1.88 bits per heavy atom. The van der Waals surface area contributed by atoms with Crippen molar-refractivity contribution in [2.75, 3.05) is 14.2 Å². The van der Waals surface area contributed by atoms with E-state index in [2.05, 4.69) is 13.8 Å². The summed E-state index contributed by atoms with van der Waals surface area (Å²) in [5.74, 6) is 1.20. The summed E-state index contributed by atoms with van der Waals surface area (Å²) in [6, 6.07) is 11.2. The Morgan fingerprint density at radius 3 is 2.44 bits per heavy atom. The van der Waals surface area contributed by atoms with E-state index in [1.807, 2.05) is 30.3 Å². The minimum absolute atomic E-state index is 0.0500. The monoisotopic (exact) mass is 360 g/mol. The van der Waals surface area contributed by atoms with Crippen LogP contribution in [0.5, 0.6) is 17.2 Å². The maximum Gasteiger partial charge on any atom is 0.164 e. The number of ketones is 1. The summed E-state index contributed by atoms with van der Waals surface area (Å²) >= 11 is 0. The number of rotatable bonds is 7. The molecule has 0 heterocycles. The Morgan fingerprint density at radius 1 is 1.20 bits per heavy atom. The lowest BCUT2D eigenvalue weighted by molar-refractivity contribution is 0.101. The number of hydrogen-bond donors (Lipinski definition) is 1. The van der Waals surface area contributed by atoms with Crippen molar-refractivity contribution in [1.82, 2.24) is 0 Å². The molecule has 5 heteroatoms. The van der Waals surface area contributed by atoms with Crippen LogP contribution in [0.1, 0.15) is 43.1 Å². The lowest BCUT2D eigenvalue weighted by Gasteiger charge is -2.31. The van der Waals surface area contributed by atoms with Gasteiger partial charge in [-0.05, 0) is 24.7 Å². The van der Waals surface area contributed by atoms with Crippen LogP contribution in [-0.2, 0) is 5.16 Å². The summed E-state index contributed by atoms with van der Waals surface area (Å²) in [6.07, 6.45) is 0.793. The maximum absolute atomic E-state index is 12.0. The topological polar surface area (TPSA) is 55.8 Å². The zero-order chi connectivity index (χ0) is 18.6. The molecule has 2 unspecified atom stereocenters. The highest BCUT2D eigenvalue weighted by Crippen LogP contribution is 2.51. The first-order chi connectivity index (χ1) is 11.9. The number of ether oxygens (including phenoxy) is 2. The van der Waals surface area contributed by atoms with Crippen LogP contribution in [0.2, 0.25) is 0 Å². The molecule has 0 aliphatic rings. The first kappa shape index (κ1) is 19.3. The Bertz CT molecular complexity index is 772. The quantitative estimate of drug-likeness (QED) is 0.593. The molecule has 2 atom stereocenters. The van der Waals surface area contributed by atoms with Crippen LogP contribution in [-0.4, -0.2) is 25.1 Å². The van der Waals surface area contributed by atoms with E-state index >= 15 is 0 Å². The van der Waals surface area contributed by atoms with Crippen LogP contribution in [0.3, 0.4) is 0 Å². The second-order valence-corrected chi connectivity index (χ2v) is 8.03. The number of carbonyl (C=O) groups excluding carboxylic acids is 1. The summed E-state index contributed by atoms with van der Waals surface area (Å²) in [5, 5.41) is 11.3. The minimum Gasteiger partial charge on any atom is -0.504 e. The molecule has 0 saturated carbocycles. The SMILES string of the molecule is CCC(C)(Pc1ccccc1C(C)=O)c1cc(OC)cc(OC)c1O. The molecule has 25 heavy (non-hydrogen) atoms. The number of phenolic OH excluding ortho intramolecular Hbond substituents is 1. The zero-order valence-corrected chi connectivity index (χ0v) is 16.3. The Hall–Kier alpha value is -2.06. The van der Waals surface area contributed by atoms with E-state index in [0.717, 1.165) is 22.9 Å². The third kappa shape index (κ3) is 3.96. The fraction of sp³-hybridized carbons (Fsp3) is 0.350. The molecule has 4 nitrogen and oxygen atoms in total. The fourth-order valence-electron chi connectivity index (χ4n) is 2.82. The maximum atomic E-state index is 12.0. The van der Waals surface area contributed by atoms with Crippen molar-refractivity contribution in [2.45, 2.75) is 32.3 Å². The van der Waals surface area contributed by atoms with Gasteiger partial charge in [-0.3, -0.25) is 4.79 Å². The molecule has 2 rings (SSSR count). The number of aromatic hydroxyl groups is 1. The average Bonchev–Trinajstić information content (AvgIpc) is 2.62. The van der Waals surface area contributed by atoms with Crippen molar-refractivity contribution in [1.29, 1.82) is 0 Å². The molecular formula is C20H25O4P. The smallest absolute Gasteiger partial charge is 0.164 e. The van der Waals surface area contributed by atoms with Crippen molar-refractivity contribution in [3.8, 4) is 17.2 Å². The fourth-order valence-corrected chi connectivity index (χ4v) is 4.49. The molecule has 0 amide bonds. The van der Waals surface area contributed by atoms with Gasteiger partial charge in [0, 0.05) is 22.3 Å². The molecule has 0 fully saturated rings. The van der Waals surface area contributed by atoms with Gasteiger partial charge in [-0.2, -0.15) is 0 Å². The highest BCUT2D eigenvalue weighted by molar-refractivity contribution is 7.48. The molecule has 0 aliphatic heterocycles. The summed E-state index contributed by atoms with van der Waals surface area (Å²) in [7, 11) is 3.43. The van der Waals surface area contributed by atoms with Crippen LogP contribution in [0.4, 0.5) is 0 Å². The van der Waals surface area contributed by atoms with Gasteiger partial charge in [0.05, 0.1) is 14.2 Å². The molecular weight excluding hydrogens is 335 g/mol. The lowest BCUT2D eigenvalue weighted by Crippen LogP contribution is -2.21. The molecule has 0 aromatic heterocycles. The van der Waals surface area contributed by atoms with Crippen molar-refractivity contribution >= 4 is 19.7 Å². The first-order valence-corrected chi connectivity index (χ1v) is 9.20. The van der Waals surface area contributed by atoms with Gasteiger partial charge in [0.25, 0.3) is 0 Å². The molecule has 2 aromatic carbocycles. The van der Waals surface area contributed by atoms with Gasteiger partial charge in [-0.25, -0.2) is 0 Å². The van der Waals surface area contributed by atoms with E-state index in [1.165, 1.54) is 7.11 Å². The molecule has 0 radical (unpaired) electrons. The van der Waals surface area contributed by atoms with E-state index in [0.29, 0.717) is 20.1 Å². The standard InChI is InChI=1S/C20H25O4P/c1-6-20(3,25-18-10-8-7-9-15(18)13(2)21)16-11-14(23-4)12-17(24-5)19(16)22/h7-12,22,25H,6H2,1-5H3. The predicted molar refractivity (Wildman–Crippen MR) is 103 cm³/mol. The van der Waals surface area contributed by atoms with Gasteiger partial charge < -0.3 is 14.6 Å². The normalized spacial score (nSPS) is 13.6. The lowest BCUT2D eigenvalue weighted by atomic mass is 9.95. The number of benzene rings is 2. The third-order valence-corrected chi connectivity index (χ3v) is 6.40. The largest absolute Gasteiger partial charge is 0.504 e. The number of carbonyl (C=O) groups is 1. The van der Waals surface area contributed by atoms with Crippen molar-refractivity contribution in [2.24, 2.45) is 0 Å². The number of Topliss-reactive ketones (excluding diaryl/α,β-unsaturated/α-hetero) is 1. The van der Waals surface area contributed by atoms with Crippen molar-refractivity contribution in [3.05, 3.63) is 47.5 Å². The molecule has 0 saturated heterocycles. The Balaban J connectivity index is 2.57. The second kappa shape index (κ2) is 7.88. The van der Waals surface area contributed by atoms with Crippen LogP contribution in [0, 0.1) is 0 Å². The summed E-state index contributed by atoms with van der Waals surface area (Å²) in [4.78, 5) is 12.0. The van der Waals surface area contributed by atoms with E-state index in [4.69, 9.17) is 9.47 Å². The average molecular weight is 360 g/mol. The van der Waals surface area contributed by atoms with Crippen LogP contribution >= 0.6 is 8.58 Å². The van der Waals surface area contributed by atoms with Gasteiger partial charge in [0.1, 0.15) is 5.75 Å². The molecule has 0 bridgehead atoms. The Kier molecular flexibility index (Phi) is 6.07. The number of phenols is 1. The Labute approximate surface area is 151 Å². The summed E-state index contributed by atoms with van der Waals surface area (Å²) < 4.78 is 10.7. The highest BCUT2D eigenvalue weighted by atomic mass is 31.1. The molecule has 2 aromatic rings. The van der Waals surface area contributed by atoms with Gasteiger partial charge in [0.2, 0.25) is 0 Å². The van der Waals surface area contributed by atoms with Crippen LogP contribution < -0.4 is 14.8 Å². The molecule has 0 spiro atoms. The third-order valence-electron chi connectivity index (χ3n) is 4.52. The molecule has 1 N–H and O–H groups in total. The molecule has 0 aliphatic carbocycles. The van der Waals surface area contributed by atoms with E-state index < -0.39 is 0 Å². The van der Waals surface area contributed by atoms with Crippen molar-refractivity contribution in [3.63, 3.8) is 0 Å². The minimum atomic E-state index is -0.350. The van der Waals surface area contributed by atoms with Gasteiger partial charge in [-0.1, -0.05) is 46.7 Å². The van der Waals surface area contributed by atoms with E-state index in [1.54, 1.807) is 20.1 Å². The first-order valence-electron chi connectivity index (χ1n) is 8.20. The summed E-state index contributed by atoms with van der Waals surface area (Å²) in [5.41, 5.74) is 1.50. The van der Waals surface area contributed by atoms with Crippen molar-refractivity contribution < 1.29 is 19.4 Å². The zero-order valence-electron chi connectivity index (χ0n) is 15.3. The molecule has 134 valence electrons. The number of hydrogen-bond acceptors (Lipinski definition) is 4. The predicted octanol–water partition coefficient (Wildman–Crippen LogP) is 4.24.